The second kappa shape index (κ2) is 5.07. The first-order valence-corrected chi connectivity index (χ1v) is 5.55. The molecule has 0 aliphatic rings. The van der Waals surface area contributed by atoms with Crippen molar-refractivity contribution in [1.82, 2.24) is 5.32 Å². The van der Waals surface area contributed by atoms with Crippen LogP contribution < -0.4 is 5.32 Å². The summed E-state index contributed by atoms with van der Waals surface area (Å²) < 4.78 is 28.9. The molecule has 0 atom stereocenters. The molecule has 0 bridgehead atoms. The van der Waals surface area contributed by atoms with Crippen LogP contribution in [0.25, 0.3) is 0 Å². The third-order valence-electron chi connectivity index (χ3n) is 1.71. The highest BCUT2D eigenvalue weighted by molar-refractivity contribution is 7.85. The van der Waals surface area contributed by atoms with E-state index in [1.165, 1.54) is 0 Å². The summed E-state index contributed by atoms with van der Waals surface area (Å²) in [6.45, 7) is -0.857. The van der Waals surface area contributed by atoms with Gasteiger partial charge in [-0.05, 0) is 0 Å². The number of hydrogen-bond acceptors (Lipinski definition) is 6. The molecule has 0 amide bonds. The van der Waals surface area contributed by atoms with E-state index < -0.39 is 45.9 Å². The van der Waals surface area contributed by atoms with Crippen molar-refractivity contribution in [1.29, 1.82) is 0 Å². The van der Waals surface area contributed by atoms with Gasteiger partial charge in [0.25, 0.3) is 10.1 Å². The minimum Gasteiger partial charge on any atom is -0.479 e. The van der Waals surface area contributed by atoms with Crippen molar-refractivity contribution in [2.75, 3.05) is 12.3 Å². The molecular formula is C6H9NO9S. The maximum atomic E-state index is 10.6. The average molecular weight is 271 g/mol. The molecule has 0 heterocycles. The Bertz CT molecular complexity index is 402. The van der Waals surface area contributed by atoms with Gasteiger partial charge in [0.15, 0.2) is 0 Å². The van der Waals surface area contributed by atoms with Crippen molar-refractivity contribution < 1.29 is 42.7 Å². The summed E-state index contributed by atoms with van der Waals surface area (Å²) in [5, 5.41) is 27.2. The molecule has 0 aromatic carbocycles. The van der Waals surface area contributed by atoms with Crippen molar-refractivity contribution in [3.05, 3.63) is 0 Å². The largest absolute Gasteiger partial charge is 0.479 e. The Labute approximate surface area is 94.6 Å². The highest BCUT2D eigenvalue weighted by Crippen LogP contribution is 2.06. The first kappa shape index (κ1) is 15.3. The number of carboxylic acid groups (broad SMARTS) is 3. The molecule has 98 valence electrons. The van der Waals surface area contributed by atoms with Gasteiger partial charge in [0.2, 0.25) is 0 Å². The van der Waals surface area contributed by atoms with Gasteiger partial charge in [0.05, 0.1) is 5.75 Å². The lowest BCUT2D eigenvalue weighted by Crippen LogP contribution is -2.64. The van der Waals surface area contributed by atoms with Gasteiger partial charge in [-0.15, -0.1) is 0 Å². The fraction of sp³-hybridized carbons (Fsp3) is 0.500. The lowest BCUT2D eigenvalue weighted by atomic mass is 10.0. The van der Waals surface area contributed by atoms with Gasteiger partial charge in [0, 0.05) is 6.54 Å². The molecule has 0 rings (SSSR count). The van der Waals surface area contributed by atoms with E-state index in [4.69, 9.17) is 19.9 Å². The molecule has 0 unspecified atom stereocenters. The third-order valence-corrected chi connectivity index (χ3v) is 2.43. The smallest absolute Gasteiger partial charge is 0.347 e. The molecule has 5 N–H and O–H groups in total. The Morgan fingerprint density at radius 3 is 1.59 bits per heavy atom. The number of rotatable bonds is 7. The van der Waals surface area contributed by atoms with E-state index in [1.54, 1.807) is 5.32 Å². The topological polar surface area (TPSA) is 178 Å². The normalized spacial score (nSPS) is 12.1. The number of carboxylic acids is 3. The molecule has 0 spiro atoms. The van der Waals surface area contributed by atoms with Gasteiger partial charge in [-0.25, -0.2) is 14.4 Å². The van der Waals surface area contributed by atoms with Gasteiger partial charge >= 0.3 is 23.4 Å². The molecule has 0 aromatic rings. The number of nitrogens with one attached hydrogen (secondary N) is 1. The van der Waals surface area contributed by atoms with Crippen molar-refractivity contribution in [3.63, 3.8) is 0 Å². The summed E-state index contributed by atoms with van der Waals surface area (Å²) in [6.07, 6.45) is 0. The van der Waals surface area contributed by atoms with Crippen molar-refractivity contribution >= 4 is 28.0 Å². The van der Waals surface area contributed by atoms with Crippen LogP contribution in [0, 0.1) is 0 Å². The summed E-state index contributed by atoms with van der Waals surface area (Å²) in [5.41, 5.74) is -3.36. The lowest BCUT2D eigenvalue weighted by Gasteiger charge is -2.20. The van der Waals surface area contributed by atoms with Gasteiger partial charge in [0.1, 0.15) is 0 Å². The minimum absolute atomic E-state index is 0.857. The zero-order valence-corrected chi connectivity index (χ0v) is 8.97. The molecule has 10 nitrogen and oxygen atoms in total. The van der Waals surface area contributed by atoms with Crippen LogP contribution in [0.4, 0.5) is 0 Å². The molecule has 0 saturated carbocycles. The summed E-state index contributed by atoms with van der Waals surface area (Å²) in [4.78, 5) is 31.9. The van der Waals surface area contributed by atoms with E-state index in [1.807, 2.05) is 0 Å². The van der Waals surface area contributed by atoms with E-state index in [-0.39, 0.29) is 0 Å². The summed E-state index contributed by atoms with van der Waals surface area (Å²) in [5.74, 6) is -7.67. The molecule has 0 fully saturated rings. The Morgan fingerprint density at radius 2 is 1.35 bits per heavy atom. The number of hydrogen-bond donors (Lipinski definition) is 5. The Hall–Kier alpha value is -1.72. The number of carbonyl (C=O) groups is 3. The van der Waals surface area contributed by atoms with Crippen LogP contribution in [0.3, 0.4) is 0 Å². The highest BCUT2D eigenvalue weighted by atomic mass is 32.2. The predicted molar refractivity (Wildman–Crippen MR) is 50.1 cm³/mol. The predicted octanol–water partition coefficient (Wildman–Crippen LogP) is -2.54. The first-order chi connectivity index (χ1) is 7.54. The van der Waals surface area contributed by atoms with Gasteiger partial charge in [-0.2, -0.15) is 8.42 Å². The molecule has 0 aromatic heterocycles. The van der Waals surface area contributed by atoms with Crippen LogP contribution in [0.5, 0.6) is 0 Å². The zero-order chi connectivity index (χ0) is 13.9. The summed E-state index contributed by atoms with van der Waals surface area (Å²) in [7, 11) is -4.46. The fourth-order valence-corrected chi connectivity index (χ4v) is 1.23. The monoisotopic (exact) mass is 271 g/mol. The summed E-state index contributed by atoms with van der Waals surface area (Å²) in [6, 6.07) is 0. The Morgan fingerprint density at radius 1 is 1.00 bits per heavy atom. The molecule has 11 heteroatoms. The highest BCUT2D eigenvalue weighted by Gasteiger charge is 2.54. The fourth-order valence-electron chi connectivity index (χ4n) is 0.869. The molecule has 0 aliphatic carbocycles. The standard InChI is InChI=1S/C6H9NO9S/c8-3(9)6(4(10)11,5(12)13)7-1-2-17(14,15)16/h7H,1-2H2,(H,8,9)(H,10,11)(H,12,13)(H,14,15,16). The van der Waals surface area contributed by atoms with Crippen molar-refractivity contribution in [3.8, 4) is 0 Å². The molecule has 0 aliphatic heterocycles. The second-order valence-corrected chi connectivity index (χ2v) is 4.45. The van der Waals surface area contributed by atoms with Gasteiger partial charge in [-0.3, -0.25) is 9.87 Å². The zero-order valence-electron chi connectivity index (χ0n) is 8.15. The molecule has 0 radical (unpaired) electrons. The first-order valence-electron chi connectivity index (χ1n) is 3.94. The minimum atomic E-state index is -4.46. The van der Waals surface area contributed by atoms with Gasteiger partial charge < -0.3 is 15.3 Å². The maximum absolute atomic E-state index is 10.6. The van der Waals surface area contributed by atoms with Crippen molar-refractivity contribution in [2.45, 2.75) is 5.54 Å². The van der Waals surface area contributed by atoms with Crippen LogP contribution in [0.15, 0.2) is 0 Å². The van der Waals surface area contributed by atoms with E-state index in [9.17, 15) is 22.8 Å². The van der Waals surface area contributed by atoms with Crippen LogP contribution in [-0.2, 0) is 24.5 Å². The van der Waals surface area contributed by atoms with E-state index >= 15 is 0 Å². The van der Waals surface area contributed by atoms with Crippen LogP contribution in [0.1, 0.15) is 0 Å². The van der Waals surface area contributed by atoms with E-state index in [2.05, 4.69) is 0 Å². The number of aliphatic carboxylic acids is 3. The maximum Gasteiger partial charge on any atom is 0.347 e. The van der Waals surface area contributed by atoms with E-state index in [0.29, 0.717) is 0 Å². The third kappa shape index (κ3) is 3.65. The quantitative estimate of drug-likeness (QED) is 0.244. The van der Waals surface area contributed by atoms with Gasteiger partial charge in [-0.1, -0.05) is 0 Å². The SMILES string of the molecule is O=C(O)C(NCCS(=O)(=O)O)(C(=O)O)C(=O)O. The molecule has 0 saturated heterocycles. The molecular weight excluding hydrogens is 262 g/mol. The van der Waals surface area contributed by atoms with Crippen LogP contribution in [0.2, 0.25) is 0 Å². The lowest BCUT2D eigenvalue weighted by molar-refractivity contribution is -0.169. The van der Waals surface area contributed by atoms with Crippen molar-refractivity contribution in [2.24, 2.45) is 0 Å². The molecule has 17 heavy (non-hydrogen) atoms. The Balaban J connectivity index is 5.03. The summed E-state index contributed by atoms with van der Waals surface area (Å²) >= 11 is 0. The van der Waals surface area contributed by atoms with Crippen LogP contribution in [-0.4, -0.2) is 64.0 Å². The van der Waals surface area contributed by atoms with Crippen LogP contribution >= 0.6 is 0 Å². The second-order valence-electron chi connectivity index (χ2n) is 2.88. The van der Waals surface area contributed by atoms with E-state index in [0.717, 1.165) is 0 Å². The average Bonchev–Trinajstić information content (AvgIpc) is 2.08. The Kier molecular flexibility index (Phi) is 4.56.